The molecule has 0 unspecified atom stereocenters. The van der Waals surface area contributed by atoms with E-state index in [0.717, 1.165) is 43.8 Å². The Kier molecular flexibility index (Phi) is 6.68. The minimum Gasteiger partial charge on any atom is -0.389 e. The van der Waals surface area contributed by atoms with Gasteiger partial charge in [-0.15, -0.1) is 17.9 Å². The monoisotopic (exact) mass is 478 g/mol. The molecular formula is C24H30N8OS. The van der Waals surface area contributed by atoms with Crippen molar-refractivity contribution in [1.29, 1.82) is 10.7 Å². The number of hydrogen-bond acceptors (Lipinski definition) is 9. The van der Waals surface area contributed by atoms with E-state index in [-0.39, 0.29) is 17.8 Å². The van der Waals surface area contributed by atoms with Crippen molar-refractivity contribution in [2.24, 2.45) is 0 Å². The van der Waals surface area contributed by atoms with Crippen LogP contribution >= 0.6 is 11.3 Å². The SMILES string of the molecule is C=C[C@H]1CN(C)CCCN1c1nccc(C(=N)NC(=O)[C@@]2(C)CCCc3sc(N)c(C#N)c32)n1. The van der Waals surface area contributed by atoms with Gasteiger partial charge in [0.25, 0.3) is 0 Å². The minimum atomic E-state index is -0.932. The molecule has 1 amide bonds. The molecule has 10 heteroatoms. The largest absolute Gasteiger partial charge is 0.389 e. The van der Waals surface area contributed by atoms with E-state index in [9.17, 15) is 10.1 Å². The Balaban J connectivity index is 1.57. The highest BCUT2D eigenvalue weighted by Gasteiger charge is 2.43. The summed E-state index contributed by atoms with van der Waals surface area (Å²) in [4.78, 5) is 27.8. The van der Waals surface area contributed by atoms with Gasteiger partial charge in [-0.2, -0.15) is 5.26 Å². The van der Waals surface area contributed by atoms with Gasteiger partial charge in [-0.05, 0) is 52.3 Å². The Morgan fingerprint density at radius 1 is 1.47 bits per heavy atom. The summed E-state index contributed by atoms with van der Waals surface area (Å²) in [5.74, 6) is 0.0966. The molecule has 9 nitrogen and oxygen atoms in total. The van der Waals surface area contributed by atoms with Gasteiger partial charge < -0.3 is 20.9 Å². The Hall–Kier alpha value is -3.29. The van der Waals surface area contributed by atoms with Crippen LogP contribution in [0.25, 0.3) is 0 Å². The molecule has 3 heterocycles. The molecule has 2 aromatic rings. The maximum Gasteiger partial charge on any atom is 0.236 e. The number of anilines is 2. The van der Waals surface area contributed by atoms with Crippen molar-refractivity contribution in [2.45, 2.75) is 44.1 Å². The van der Waals surface area contributed by atoms with E-state index in [1.807, 2.05) is 13.0 Å². The zero-order valence-electron chi connectivity index (χ0n) is 19.6. The number of rotatable bonds is 4. The van der Waals surface area contributed by atoms with Crippen molar-refractivity contribution in [3.8, 4) is 6.07 Å². The van der Waals surface area contributed by atoms with Crippen LogP contribution in [0.5, 0.6) is 0 Å². The number of likely N-dealkylation sites (N-methyl/N-ethyl adjacent to an activating group) is 1. The fraction of sp³-hybridized carbons (Fsp3) is 0.458. The van der Waals surface area contributed by atoms with Crippen molar-refractivity contribution in [2.75, 3.05) is 37.3 Å². The molecule has 2 aromatic heterocycles. The Labute approximate surface area is 203 Å². The summed E-state index contributed by atoms with van der Waals surface area (Å²) in [6, 6.07) is 3.85. The zero-order chi connectivity index (χ0) is 24.5. The summed E-state index contributed by atoms with van der Waals surface area (Å²) in [6.07, 6.45) is 6.68. The van der Waals surface area contributed by atoms with Crippen LogP contribution in [-0.2, 0) is 16.6 Å². The van der Waals surface area contributed by atoms with Crippen molar-refractivity contribution in [1.82, 2.24) is 20.2 Å². The smallest absolute Gasteiger partial charge is 0.236 e. The summed E-state index contributed by atoms with van der Waals surface area (Å²) in [5.41, 5.74) is 6.56. The molecule has 0 saturated carbocycles. The predicted octanol–water partition coefficient (Wildman–Crippen LogP) is 2.42. The van der Waals surface area contributed by atoms with E-state index in [4.69, 9.17) is 11.1 Å². The van der Waals surface area contributed by atoms with Crippen LogP contribution in [-0.4, -0.2) is 59.3 Å². The van der Waals surface area contributed by atoms with Gasteiger partial charge in [-0.3, -0.25) is 10.2 Å². The zero-order valence-corrected chi connectivity index (χ0v) is 20.4. The summed E-state index contributed by atoms with van der Waals surface area (Å²) < 4.78 is 0. The molecule has 1 saturated heterocycles. The Bertz CT molecular complexity index is 1170. The Morgan fingerprint density at radius 2 is 2.26 bits per heavy atom. The summed E-state index contributed by atoms with van der Waals surface area (Å²) in [7, 11) is 2.08. The van der Waals surface area contributed by atoms with Gasteiger partial charge in [-0.1, -0.05) is 6.08 Å². The highest BCUT2D eigenvalue weighted by molar-refractivity contribution is 7.16. The molecular weight excluding hydrogens is 448 g/mol. The molecule has 4 rings (SSSR count). The molecule has 0 spiro atoms. The van der Waals surface area contributed by atoms with Gasteiger partial charge in [-0.25, -0.2) is 9.97 Å². The van der Waals surface area contributed by atoms with Crippen LogP contribution in [0.3, 0.4) is 0 Å². The molecule has 1 aliphatic heterocycles. The van der Waals surface area contributed by atoms with Gasteiger partial charge in [0.1, 0.15) is 16.8 Å². The van der Waals surface area contributed by atoms with Gasteiger partial charge in [0.2, 0.25) is 11.9 Å². The number of amidine groups is 1. The van der Waals surface area contributed by atoms with Gasteiger partial charge in [0.15, 0.2) is 5.84 Å². The second-order valence-electron chi connectivity index (χ2n) is 9.12. The van der Waals surface area contributed by atoms with Crippen LogP contribution in [0.15, 0.2) is 24.9 Å². The van der Waals surface area contributed by atoms with Crippen LogP contribution in [0.1, 0.15) is 47.9 Å². The van der Waals surface area contributed by atoms with Crippen molar-refractivity contribution >= 4 is 34.0 Å². The lowest BCUT2D eigenvalue weighted by Crippen LogP contribution is -2.47. The van der Waals surface area contributed by atoms with E-state index < -0.39 is 5.41 Å². The van der Waals surface area contributed by atoms with Crippen molar-refractivity contribution < 1.29 is 4.79 Å². The average Bonchev–Trinajstić information content (AvgIpc) is 3.04. The summed E-state index contributed by atoms with van der Waals surface area (Å²) >= 11 is 1.38. The maximum atomic E-state index is 13.4. The number of carbonyl (C=O) groups is 1. The number of carbonyl (C=O) groups excluding carboxylic acids is 1. The van der Waals surface area contributed by atoms with Crippen LogP contribution in [0.2, 0.25) is 0 Å². The fourth-order valence-corrected chi connectivity index (χ4v) is 6.09. The van der Waals surface area contributed by atoms with Crippen LogP contribution in [0, 0.1) is 16.7 Å². The highest BCUT2D eigenvalue weighted by atomic mass is 32.1. The quantitative estimate of drug-likeness (QED) is 0.349. The summed E-state index contributed by atoms with van der Waals surface area (Å²) in [5, 5.41) is 21.4. The van der Waals surface area contributed by atoms with E-state index >= 15 is 0 Å². The number of nitrogens with one attached hydrogen (secondary N) is 2. The third-order valence-electron chi connectivity index (χ3n) is 6.76. The van der Waals surface area contributed by atoms with Gasteiger partial charge in [0, 0.05) is 29.7 Å². The lowest BCUT2D eigenvalue weighted by molar-refractivity contribution is -0.125. The summed E-state index contributed by atoms with van der Waals surface area (Å²) in [6.45, 7) is 8.37. The Morgan fingerprint density at radius 3 is 3.00 bits per heavy atom. The highest BCUT2D eigenvalue weighted by Crippen LogP contribution is 2.45. The maximum absolute atomic E-state index is 13.4. The molecule has 0 aromatic carbocycles. The van der Waals surface area contributed by atoms with Gasteiger partial charge >= 0.3 is 0 Å². The number of aromatic nitrogens is 2. The average molecular weight is 479 g/mol. The third-order valence-corrected chi connectivity index (χ3v) is 7.84. The topological polar surface area (TPSA) is 135 Å². The van der Waals surface area contributed by atoms with E-state index in [1.165, 1.54) is 11.3 Å². The first kappa shape index (κ1) is 23.9. The van der Waals surface area contributed by atoms with Crippen molar-refractivity contribution in [3.63, 3.8) is 0 Å². The van der Waals surface area contributed by atoms with E-state index in [0.29, 0.717) is 34.2 Å². The standard InChI is InChI=1S/C24H30N8OS/c1-4-15-14-31(3)11-6-12-32(15)23-28-10-8-17(29-23)20(26)30-22(33)24(2)9-5-7-18-19(24)16(13-25)21(27)34-18/h4,8,10,15H,1,5-7,9,11-12,14,27H2,2-3H3,(H2,26,30,33)/t15-,24-/m0/s1. The number of hydrogen-bond donors (Lipinski definition) is 3. The van der Waals surface area contributed by atoms with Crippen LogP contribution < -0.4 is 16.0 Å². The first-order chi connectivity index (χ1) is 16.3. The molecule has 0 bridgehead atoms. The number of aryl methyl sites for hydroxylation is 1. The molecule has 0 radical (unpaired) electrons. The van der Waals surface area contributed by atoms with Crippen molar-refractivity contribution in [3.05, 3.63) is 46.6 Å². The number of nitriles is 1. The molecule has 1 aliphatic carbocycles. The lowest BCUT2D eigenvalue weighted by atomic mass is 9.72. The molecule has 2 atom stereocenters. The number of nitrogens with two attached hydrogens (primary N) is 1. The minimum absolute atomic E-state index is 0.0551. The second kappa shape index (κ2) is 9.52. The normalized spacial score (nSPS) is 22.9. The first-order valence-corrected chi connectivity index (χ1v) is 12.2. The number of nitrogens with zero attached hydrogens (tertiary/aromatic N) is 5. The van der Waals surface area contributed by atoms with E-state index in [1.54, 1.807) is 12.3 Å². The molecule has 34 heavy (non-hydrogen) atoms. The number of amides is 1. The molecule has 1 fully saturated rings. The van der Waals surface area contributed by atoms with Gasteiger partial charge in [0.05, 0.1) is 17.0 Å². The predicted molar refractivity (Wildman–Crippen MR) is 134 cm³/mol. The first-order valence-electron chi connectivity index (χ1n) is 11.4. The number of thiophene rings is 1. The van der Waals surface area contributed by atoms with E-state index in [2.05, 4.69) is 44.8 Å². The lowest BCUT2D eigenvalue weighted by Gasteiger charge is -2.33. The number of fused-ring (bicyclic) bond motifs is 1. The molecule has 4 N–H and O–H groups in total. The fourth-order valence-electron chi connectivity index (χ4n) is 4.90. The second-order valence-corrected chi connectivity index (χ2v) is 10.3. The van der Waals surface area contributed by atoms with Crippen LogP contribution in [0.4, 0.5) is 10.9 Å². The number of nitrogen functional groups attached to an aromatic ring is 1. The molecule has 2 aliphatic rings. The third kappa shape index (κ3) is 4.29. The molecule has 178 valence electrons.